The number of aromatic nitrogens is 3. The van der Waals surface area contributed by atoms with E-state index < -0.39 is 26.8 Å². The van der Waals surface area contributed by atoms with Crippen molar-refractivity contribution in [3.63, 3.8) is 0 Å². The monoisotopic (exact) mass is 446 g/mol. The van der Waals surface area contributed by atoms with Crippen LogP contribution in [-0.2, 0) is 21.3 Å². The van der Waals surface area contributed by atoms with Crippen LogP contribution < -0.4 is 16.0 Å². The lowest BCUT2D eigenvalue weighted by Gasteiger charge is -2.29. The molecule has 0 amide bonds. The Morgan fingerprint density at radius 1 is 1.23 bits per heavy atom. The van der Waals surface area contributed by atoms with E-state index in [4.69, 9.17) is 9.26 Å². The van der Waals surface area contributed by atoms with E-state index in [-0.39, 0.29) is 22.9 Å². The molecule has 1 N–H and O–H groups in total. The lowest BCUT2D eigenvalue weighted by Crippen LogP contribution is -2.46. The molecule has 1 aliphatic carbocycles. The second-order valence-corrected chi connectivity index (χ2v) is 10.2. The summed E-state index contributed by atoms with van der Waals surface area (Å²) in [4.78, 5) is 26.5. The van der Waals surface area contributed by atoms with E-state index in [1.807, 2.05) is 6.92 Å². The first-order valence-electron chi connectivity index (χ1n) is 10.00. The second-order valence-electron chi connectivity index (χ2n) is 8.51. The zero-order chi connectivity index (χ0) is 22.0. The minimum atomic E-state index is -3.81. The number of sulfonamides is 1. The van der Waals surface area contributed by atoms with Crippen LogP contribution in [0.4, 0.5) is 0 Å². The number of benzene rings is 1. The molecule has 0 atom stereocenters. The Kier molecular flexibility index (Phi) is 4.47. The van der Waals surface area contributed by atoms with Crippen LogP contribution in [0.25, 0.3) is 10.9 Å². The Morgan fingerprint density at radius 2 is 1.97 bits per heavy atom. The fraction of sp³-hybridized carbons (Fsp3) is 0.450. The number of fused-ring (bicyclic) bond motifs is 1. The molecular formula is C20H22N4O6S. The van der Waals surface area contributed by atoms with Crippen LogP contribution in [0.3, 0.4) is 0 Å². The van der Waals surface area contributed by atoms with E-state index in [1.54, 1.807) is 13.0 Å². The molecule has 5 rings (SSSR count). The van der Waals surface area contributed by atoms with Gasteiger partial charge in [-0.2, -0.15) is 0 Å². The topological polar surface area (TPSA) is 125 Å². The predicted octanol–water partition coefficient (Wildman–Crippen LogP) is 0.910. The Hall–Kier alpha value is -2.76. The van der Waals surface area contributed by atoms with Crippen molar-refractivity contribution in [1.82, 2.24) is 19.0 Å². The molecule has 2 aromatic heterocycles. The van der Waals surface area contributed by atoms with Gasteiger partial charge in [-0.25, -0.2) is 17.9 Å². The van der Waals surface area contributed by atoms with Gasteiger partial charge >= 0.3 is 5.69 Å². The molecule has 0 radical (unpaired) electrons. The molecule has 164 valence electrons. The van der Waals surface area contributed by atoms with Crippen molar-refractivity contribution in [3.8, 4) is 0 Å². The molecule has 0 unspecified atom stereocenters. The van der Waals surface area contributed by atoms with Gasteiger partial charge in [0, 0.05) is 11.6 Å². The highest BCUT2D eigenvalue weighted by molar-refractivity contribution is 7.89. The maximum Gasteiger partial charge on any atom is 0.332 e. The third-order valence-corrected chi connectivity index (χ3v) is 7.44. The van der Waals surface area contributed by atoms with E-state index in [0.717, 1.165) is 17.4 Å². The Balaban J connectivity index is 1.69. The summed E-state index contributed by atoms with van der Waals surface area (Å²) in [5.41, 5.74) is -0.519. The van der Waals surface area contributed by atoms with Crippen molar-refractivity contribution in [2.45, 2.75) is 49.7 Å². The maximum absolute atomic E-state index is 13.3. The molecule has 11 heteroatoms. The summed E-state index contributed by atoms with van der Waals surface area (Å²) in [6.07, 6.45) is 1.54. The molecule has 1 aromatic carbocycles. The number of nitrogens with one attached hydrogen (secondary N) is 1. The Labute approximate surface area is 177 Å². The summed E-state index contributed by atoms with van der Waals surface area (Å²) in [7, 11) is -3.81. The third kappa shape index (κ3) is 3.52. The normalized spacial score (nSPS) is 18.3. The lowest BCUT2D eigenvalue weighted by atomic mass is 10.2. The lowest BCUT2D eigenvalue weighted by molar-refractivity contribution is -0.0238. The van der Waals surface area contributed by atoms with Crippen molar-refractivity contribution in [3.05, 3.63) is 56.6 Å². The van der Waals surface area contributed by atoms with Crippen LogP contribution in [0.2, 0.25) is 0 Å². The highest BCUT2D eigenvalue weighted by Gasteiger charge is 2.41. The SMILES string of the molecule is Cc1cc(Cn2c(=O)c3cc(S(=O)(=O)NC4(C)CC4)ccc3n(C3COC3)c2=O)on1. The van der Waals surface area contributed by atoms with E-state index in [0.29, 0.717) is 30.2 Å². The summed E-state index contributed by atoms with van der Waals surface area (Å²) < 4.78 is 41.3. The quantitative estimate of drug-likeness (QED) is 0.596. The summed E-state index contributed by atoms with van der Waals surface area (Å²) in [5.74, 6) is 0.361. The Bertz CT molecular complexity index is 1410. The van der Waals surface area contributed by atoms with E-state index in [1.165, 1.54) is 22.8 Å². The van der Waals surface area contributed by atoms with Crippen molar-refractivity contribution in [2.75, 3.05) is 13.2 Å². The first-order valence-corrected chi connectivity index (χ1v) is 11.5. The van der Waals surface area contributed by atoms with E-state index in [9.17, 15) is 18.0 Å². The van der Waals surface area contributed by atoms with Gasteiger partial charge in [-0.05, 0) is 44.9 Å². The summed E-state index contributed by atoms with van der Waals surface area (Å²) in [6, 6.07) is 5.69. The second kappa shape index (κ2) is 6.87. The Morgan fingerprint density at radius 3 is 2.55 bits per heavy atom. The van der Waals surface area contributed by atoms with Crippen LogP contribution in [0.5, 0.6) is 0 Å². The predicted molar refractivity (Wildman–Crippen MR) is 111 cm³/mol. The van der Waals surface area contributed by atoms with E-state index >= 15 is 0 Å². The molecule has 0 spiro atoms. The van der Waals surface area contributed by atoms with Gasteiger partial charge in [-0.3, -0.25) is 13.9 Å². The van der Waals surface area contributed by atoms with Crippen molar-refractivity contribution in [1.29, 1.82) is 0 Å². The van der Waals surface area contributed by atoms with Gasteiger partial charge in [0.2, 0.25) is 10.0 Å². The highest BCUT2D eigenvalue weighted by Crippen LogP contribution is 2.36. The fourth-order valence-electron chi connectivity index (χ4n) is 3.71. The van der Waals surface area contributed by atoms with Gasteiger partial charge in [-0.1, -0.05) is 5.16 Å². The van der Waals surface area contributed by atoms with Crippen LogP contribution in [0.15, 0.2) is 43.3 Å². The number of nitrogens with zero attached hydrogens (tertiary/aromatic N) is 3. The minimum Gasteiger partial charge on any atom is -0.377 e. The number of hydrogen-bond donors (Lipinski definition) is 1. The molecule has 31 heavy (non-hydrogen) atoms. The van der Waals surface area contributed by atoms with Crippen LogP contribution in [0, 0.1) is 6.92 Å². The molecule has 1 saturated heterocycles. The first kappa shape index (κ1) is 20.2. The molecule has 3 heterocycles. The molecule has 2 aliphatic rings. The maximum atomic E-state index is 13.3. The third-order valence-electron chi connectivity index (χ3n) is 5.81. The van der Waals surface area contributed by atoms with Crippen molar-refractivity contribution >= 4 is 20.9 Å². The van der Waals surface area contributed by atoms with Gasteiger partial charge in [-0.15, -0.1) is 0 Å². The summed E-state index contributed by atoms with van der Waals surface area (Å²) in [5, 5.41) is 3.94. The summed E-state index contributed by atoms with van der Waals surface area (Å²) in [6.45, 7) is 4.16. The van der Waals surface area contributed by atoms with Crippen LogP contribution >= 0.6 is 0 Å². The molecule has 10 nitrogen and oxygen atoms in total. The summed E-state index contributed by atoms with van der Waals surface area (Å²) >= 11 is 0. The van der Waals surface area contributed by atoms with Crippen LogP contribution in [-0.4, -0.2) is 41.5 Å². The standard InChI is InChI=1S/C20H22N4O6S/c1-12-7-14(30-21-12)9-23-18(25)16-8-15(31(27,28)22-20(2)5-6-20)3-4-17(16)24(19(23)26)13-10-29-11-13/h3-4,7-8,13,22H,5-6,9-11H2,1-2H3. The minimum absolute atomic E-state index is 0.0117. The largest absolute Gasteiger partial charge is 0.377 e. The number of aryl methyl sites for hydroxylation is 1. The number of hydrogen-bond acceptors (Lipinski definition) is 7. The number of rotatable bonds is 6. The van der Waals surface area contributed by atoms with Gasteiger partial charge in [0.1, 0.15) is 0 Å². The average Bonchev–Trinajstić information content (AvgIpc) is 3.24. The average molecular weight is 446 g/mol. The van der Waals surface area contributed by atoms with Crippen LogP contribution in [0.1, 0.15) is 37.3 Å². The molecule has 0 bridgehead atoms. The zero-order valence-electron chi connectivity index (χ0n) is 17.1. The van der Waals surface area contributed by atoms with Gasteiger partial charge in [0.25, 0.3) is 5.56 Å². The van der Waals surface area contributed by atoms with Gasteiger partial charge in [0.15, 0.2) is 5.76 Å². The molecule has 3 aromatic rings. The highest BCUT2D eigenvalue weighted by atomic mass is 32.2. The van der Waals surface area contributed by atoms with Gasteiger partial charge in [0.05, 0.1) is 47.3 Å². The number of ether oxygens (including phenoxy) is 1. The first-order chi connectivity index (χ1) is 14.7. The smallest absolute Gasteiger partial charge is 0.332 e. The van der Waals surface area contributed by atoms with Crippen molar-refractivity contribution in [2.24, 2.45) is 0 Å². The molecule has 1 aliphatic heterocycles. The molecule has 1 saturated carbocycles. The zero-order valence-corrected chi connectivity index (χ0v) is 17.9. The van der Waals surface area contributed by atoms with E-state index in [2.05, 4.69) is 9.88 Å². The molecular weight excluding hydrogens is 424 g/mol. The van der Waals surface area contributed by atoms with Crippen molar-refractivity contribution < 1.29 is 17.7 Å². The fourth-order valence-corrected chi connectivity index (χ4v) is 5.20. The van der Waals surface area contributed by atoms with Gasteiger partial charge < -0.3 is 9.26 Å². The molecule has 2 fully saturated rings.